The summed E-state index contributed by atoms with van der Waals surface area (Å²) < 4.78 is 0. The normalized spacial score (nSPS) is 30.8. The van der Waals surface area contributed by atoms with Crippen molar-refractivity contribution >= 4 is 11.9 Å². The maximum Gasteiger partial charge on any atom is 0.306 e. The number of hydrogen-bond donors (Lipinski definition) is 1. The topological polar surface area (TPSA) is 60.9 Å². The smallest absolute Gasteiger partial charge is 0.306 e. The van der Waals surface area contributed by atoms with E-state index in [9.17, 15) is 9.59 Å². The predicted molar refractivity (Wildman–Crippen MR) is 83.5 cm³/mol. The minimum Gasteiger partial charge on any atom is -0.481 e. The van der Waals surface area contributed by atoms with Gasteiger partial charge in [-0.1, -0.05) is 12.8 Å². The summed E-state index contributed by atoms with van der Waals surface area (Å²) in [4.78, 5) is 28.0. The second-order valence-corrected chi connectivity index (χ2v) is 7.23. The van der Waals surface area contributed by atoms with Gasteiger partial charge in [0, 0.05) is 12.6 Å². The Kier molecular flexibility index (Phi) is 5.01. The van der Waals surface area contributed by atoms with Crippen molar-refractivity contribution in [1.29, 1.82) is 0 Å². The Labute approximate surface area is 132 Å². The molecule has 0 aromatic carbocycles. The lowest BCUT2D eigenvalue weighted by Gasteiger charge is -2.45. The van der Waals surface area contributed by atoms with Crippen LogP contribution in [-0.4, -0.2) is 59.0 Å². The highest BCUT2D eigenvalue weighted by molar-refractivity contribution is 5.79. The van der Waals surface area contributed by atoms with E-state index in [1.807, 2.05) is 0 Å². The van der Waals surface area contributed by atoms with Crippen LogP contribution in [0.5, 0.6) is 0 Å². The minimum absolute atomic E-state index is 0.218. The van der Waals surface area contributed by atoms with E-state index in [0.29, 0.717) is 25.4 Å². The van der Waals surface area contributed by atoms with Gasteiger partial charge >= 0.3 is 5.97 Å². The van der Waals surface area contributed by atoms with E-state index in [0.717, 1.165) is 32.0 Å². The first kappa shape index (κ1) is 15.8. The molecule has 0 radical (unpaired) electrons. The fraction of sp³-hybridized carbons (Fsp3) is 0.882. The molecule has 1 aliphatic carbocycles. The van der Waals surface area contributed by atoms with E-state index in [1.165, 1.54) is 32.1 Å². The number of likely N-dealkylation sites (tertiary alicyclic amines) is 2. The third-order valence-corrected chi connectivity index (χ3v) is 5.86. The molecule has 2 aliphatic heterocycles. The highest BCUT2D eigenvalue weighted by atomic mass is 16.4. The minimum atomic E-state index is -0.688. The molecule has 0 aromatic rings. The van der Waals surface area contributed by atoms with Crippen LogP contribution < -0.4 is 0 Å². The van der Waals surface area contributed by atoms with E-state index in [2.05, 4.69) is 9.80 Å². The van der Waals surface area contributed by atoms with Gasteiger partial charge in [0.2, 0.25) is 5.91 Å². The van der Waals surface area contributed by atoms with Gasteiger partial charge in [-0.15, -0.1) is 0 Å². The number of rotatable bonds is 3. The van der Waals surface area contributed by atoms with Crippen molar-refractivity contribution in [3.63, 3.8) is 0 Å². The molecule has 2 unspecified atom stereocenters. The molecule has 1 saturated carbocycles. The van der Waals surface area contributed by atoms with Crippen LogP contribution in [0.3, 0.4) is 0 Å². The van der Waals surface area contributed by atoms with Crippen LogP contribution in [0.1, 0.15) is 51.4 Å². The van der Waals surface area contributed by atoms with Crippen molar-refractivity contribution in [2.45, 2.75) is 57.4 Å². The second kappa shape index (κ2) is 6.99. The number of carboxylic acids is 1. The summed E-state index contributed by atoms with van der Waals surface area (Å²) in [6, 6.07) is 0.478. The molecule has 0 aromatic heterocycles. The lowest BCUT2D eigenvalue weighted by Crippen LogP contribution is -2.53. The summed E-state index contributed by atoms with van der Waals surface area (Å²) in [5.41, 5.74) is 0. The number of hydrogen-bond acceptors (Lipinski definition) is 3. The molecule has 3 fully saturated rings. The fourth-order valence-electron chi connectivity index (χ4n) is 4.55. The molecule has 5 heteroatoms. The van der Waals surface area contributed by atoms with Gasteiger partial charge in [-0.3, -0.25) is 14.5 Å². The molecular formula is C17H28N2O3. The van der Waals surface area contributed by atoms with E-state index in [1.54, 1.807) is 0 Å². The number of carbonyl (C=O) groups excluding carboxylic acids is 1. The zero-order valence-corrected chi connectivity index (χ0v) is 13.4. The summed E-state index contributed by atoms with van der Waals surface area (Å²) >= 11 is 0. The van der Waals surface area contributed by atoms with Crippen molar-refractivity contribution in [1.82, 2.24) is 9.80 Å². The van der Waals surface area contributed by atoms with Gasteiger partial charge in [0.15, 0.2) is 0 Å². The van der Waals surface area contributed by atoms with Gasteiger partial charge < -0.3 is 10.0 Å². The van der Waals surface area contributed by atoms with Crippen molar-refractivity contribution < 1.29 is 14.7 Å². The molecule has 124 valence electrons. The highest BCUT2D eigenvalue weighted by Crippen LogP contribution is 2.35. The SMILES string of the molecule is O=C(O)C1CCN(CC(=O)N2CCCC3CCCCC32)CC1. The number of piperidine rings is 2. The van der Waals surface area contributed by atoms with E-state index in [-0.39, 0.29) is 11.8 Å². The number of carbonyl (C=O) groups is 2. The summed E-state index contributed by atoms with van der Waals surface area (Å²) in [5, 5.41) is 9.05. The lowest BCUT2D eigenvalue weighted by atomic mass is 9.78. The third-order valence-electron chi connectivity index (χ3n) is 5.86. The molecule has 3 aliphatic rings. The van der Waals surface area contributed by atoms with Crippen LogP contribution in [0.2, 0.25) is 0 Å². The van der Waals surface area contributed by atoms with Crippen LogP contribution >= 0.6 is 0 Å². The second-order valence-electron chi connectivity index (χ2n) is 7.23. The first-order chi connectivity index (χ1) is 10.6. The monoisotopic (exact) mass is 308 g/mol. The Balaban J connectivity index is 1.52. The van der Waals surface area contributed by atoms with E-state index >= 15 is 0 Å². The van der Waals surface area contributed by atoms with Crippen molar-refractivity contribution in [2.24, 2.45) is 11.8 Å². The van der Waals surface area contributed by atoms with Gasteiger partial charge in [0.05, 0.1) is 12.5 Å². The average molecular weight is 308 g/mol. The first-order valence-electron chi connectivity index (χ1n) is 8.90. The van der Waals surface area contributed by atoms with E-state index in [4.69, 9.17) is 5.11 Å². The van der Waals surface area contributed by atoms with Gasteiger partial charge in [0.1, 0.15) is 0 Å². The number of amides is 1. The van der Waals surface area contributed by atoms with Crippen molar-refractivity contribution in [2.75, 3.05) is 26.2 Å². The Bertz CT molecular complexity index is 416. The molecule has 0 bridgehead atoms. The maximum absolute atomic E-state index is 12.7. The largest absolute Gasteiger partial charge is 0.481 e. The summed E-state index contributed by atoms with van der Waals surface area (Å²) in [7, 11) is 0. The number of carboxylic acid groups (broad SMARTS) is 1. The zero-order chi connectivity index (χ0) is 15.5. The zero-order valence-electron chi connectivity index (χ0n) is 13.4. The number of aliphatic carboxylic acids is 1. The van der Waals surface area contributed by atoms with Gasteiger partial charge in [-0.2, -0.15) is 0 Å². The standard InChI is InChI=1S/C17H28N2O3/c20-16(12-18-10-7-14(8-11-18)17(21)22)19-9-3-5-13-4-1-2-6-15(13)19/h13-15H,1-12H2,(H,21,22). The molecule has 2 atom stereocenters. The third kappa shape index (κ3) is 3.45. The van der Waals surface area contributed by atoms with Gasteiger partial charge in [-0.05, 0) is 57.5 Å². The quantitative estimate of drug-likeness (QED) is 0.866. The van der Waals surface area contributed by atoms with Crippen molar-refractivity contribution in [3.05, 3.63) is 0 Å². The van der Waals surface area contributed by atoms with Gasteiger partial charge in [-0.25, -0.2) is 0 Å². The van der Waals surface area contributed by atoms with Crippen LogP contribution in [-0.2, 0) is 9.59 Å². The molecule has 22 heavy (non-hydrogen) atoms. The molecule has 2 heterocycles. The van der Waals surface area contributed by atoms with Crippen LogP contribution in [0.25, 0.3) is 0 Å². The van der Waals surface area contributed by atoms with Gasteiger partial charge in [0.25, 0.3) is 0 Å². The Morgan fingerprint density at radius 2 is 1.59 bits per heavy atom. The van der Waals surface area contributed by atoms with Crippen molar-refractivity contribution in [3.8, 4) is 0 Å². The van der Waals surface area contributed by atoms with Crippen LogP contribution in [0.15, 0.2) is 0 Å². The summed E-state index contributed by atoms with van der Waals surface area (Å²) in [6.07, 6.45) is 8.84. The molecule has 1 amide bonds. The molecule has 2 saturated heterocycles. The molecule has 3 rings (SSSR count). The first-order valence-corrected chi connectivity index (χ1v) is 8.90. The molecule has 0 spiro atoms. The molecular weight excluding hydrogens is 280 g/mol. The van der Waals surface area contributed by atoms with Crippen LogP contribution in [0.4, 0.5) is 0 Å². The Morgan fingerprint density at radius 1 is 0.909 bits per heavy atom. The Hall–Kier alpha value is -1.10. The number of nitrogens with zero attached hydrogens (tertiary/aromatic N) is 2. The number of fused-ring (bicyclic) bond motifs is 1. The lowest BCUT2D eigenvalue weighted by molar-refractivity contribution is -0.143. The average Bonchev–Trinajstić information content (AvgIpc) is 2.54. The predicted octanol–water partition coefficient (Wildman–Crippen LogP) is 1.96. The Morgan fingerprint density at radius 3 is 2.32 bits per heavy atom. The summed E-state index contributed by atoms with van der Waals surface area (Å²) in [5.74, 6) is 0.0886. The fourth-order valence-corrected chi connectivity index (χ4v) is 4.55. The maximum atomic E-state index is 12.7. The molecule has 5 nitrogen and oxygen atoms in total. The van der Waals surface area contributed by atoms with E-state index < -0.39 is 5.97 Å². The highest BCUT2D eigenvalue weighted by Gasteiger charge is 2.36. The van der Waals surface area contributed by atoms with Crippen LogP contribution in [0, 0.1) is 11.8 Å². The summed E-state index contributed by atoms with van der Waals surface area (Å²) in [6.45, 7) is 2.89. The molecule has 1 N–H and O–H groups in total.